The van der Waals surface area contributed by atoms with Gasteiger partial charge < -0.3 is 5.32 Å². The predicted molar refractivity (Wildman–Crippen MR) is 63.2 cm³/mol. The summed E-state index contributed by atoms with van der Waals surface area (Å²) in [5.41, 5.74) is 1.12. The Morgan fingerprint density at radius 3 is 2.44 bits per heavy atom. The lowest BCUT2D eigenvalue weighted by Crippen LogP contribution is -2.26. The fourth-order valence-corrected chi connectivity index (χ4v) is 1.19. The van der Waals surface area contributed by atoms with E-state index in [1.807, 2.05) is 6.07 Å². The van der Waals surface area contributed by atoms with Crippen LogP contribution < -0.4 is 5.32 Å². The molecule has 0 heterocycles. The number of benzene rings is 1. The first-order valence-electron chi connectivity index (χ1n) is 5.13. The van der Waals surface area contributed by atoms with Crippen LogP contribution in [0.4, 0.5) is 0 Å². The van der Waals surface area contributed by atoms with Gasteiger partial charge in [0.1, 0.15) is 0 Å². The van der Waals surface area contributed by atoms with Crippen molar-refractivity contribution < 1.29 is 9.59 Å². The monoisotopic (exact) mass is 217 g/mol. The number of hydrogen-bond acceptors (Lipinski definition) is 2. The van der Waals surface area contributed by atoms with E-state index in [-0.39, 0.29) is 11.7 Å². The van der Waals surface area contributed by atoms with Gasteiger partial charge in [0.15, 0.2) is 5.78 Å². The van der Waals surface area contributed by atoms with Crippen LogP contribution in [0, 0.1) is 0 Å². The Morgan fingerprint density at radius 2 is 1.88 bits per heavy atom. The number of carbonyl (C=O) groups excluding carboxylic acids is 2. The first kappa shape index (κ1) is 12.2. The molecule has 0 radical (unpaired) electrons. The second-order valence-corrected chi connectivity index (χ2v) is 3.58. The maximum atomic E-state index is 11.6. The molecule has 0 aliphatic heterocycles. The maximum Gasteiger partial charge on any atom is 0.251 e. The van der Waals surface area contributed by atoms with Crippen molar-refractivity contribution in [3.8, 4) is 0 Å². The third-order valence-electron chi connectivity index (χ3n) is 2.15. The zero-order chi connectivity index (χ0) is 12.0. The molecular weight excluding hydrogens is 202 g/mol. The number of allylic oxidation sites excluding steroid dienone is 1. The minimum atomic E-state index is -0.157. The van der Waals surface area contributed by atoms with Crippen molar-refractivity contribution in [2.45, 2.75) is 13.3 Å². The van der Waals surface area contributed by atoms with E-state index >= 15 is 0 Å². The van der Waals surface area contributed by atoms with Gasteiger partial charge in [0.2, 0.25) is 0 Å². The minimum absolute atomic E-state index is 0.0200. The molecule has 0 bridgehead atoms. The summed E-state index contributed by atoms with van der Waals surface area (Å²) >= 11 is 0. The number of ketones is 1. The minimum Gasteiger partial charge on any atom is -0.352 e. The molecule has 0 fully saturated rings. The maximum absolute atomic E-state index is 11.6. The van der Waals surface area contributed by atoms with Gasteiger partial charge in [-0.15, -0.1) is 0 Å². The highest BCUT2D eigenvalue weighted by atomic mass is 16.1. The molecular formula is C13H15NO2. The summed E-state index contributed by atoms with van der Waals surface area (Å²) in [6.07, 6.45) is 0.300. The SMILES string of the molecule is C=C(C)C(=O)CCNC(=O)c1ccccc1. The molecule has 1 N–H and O–H groups in total. The Kier molecular flexibility index (Phi) is 4.45. The van der Waals surface area contributed by atoms with E-state index in [0.717, 1.165) is 0 Å². The Balaban J connectivity index is 2.37. The molecule has 0 saturated heterocycles. The van der Waals surface area contributed by atoms with Crippen molar-refractivity contribution in [2.24, 2.45) is 0 Å². The summed E-state index contributed by atoms with van der Waals surface area (Å²) in [4.78, 5) is 22.8. The fraction of sp³-hybridized carbons (Fsp3) is 0.231. The molecule has 0 atom stereocenters. The van der Waals surface area contributed by atoms with E-state index < -0.39 is 0 Å². The summed E-state index contributed by atoms with van der Waals surface area (Å²) in [6.45, 7) is 5.56. The van der Waals surface area contributed by atoms with E-state index in [2.05, 4.69) is 11.9 Å². The van der Waals surface area contributed by atoms with E-state index in [1.54, 1.807) is 31.2 Å². The van der Waals surface area contributed by atoms with Crippen molar-refractivity contribution >= 4 is 11.7 Å². The van der Waals surface area contributed by atoms with Crippen molar-refractivity contribution in [1.29, 1.82) is 0 Å². The Morgan fingerprint density at radius 1 is 1.25 bits per heavy atom. The second-order valence-electron chi connectivity index (χ2n) is 3.58. The van der Waals surface area contributed by atoms with Gasteiger partial charge >= 0.3 is 0 Å². The first-order valence-corrected chi connectivity index (χ1v) is 5.13. The van der Waals surface area contributed by atoms with Crippen LogP contribution in [0.2, 0.25) is 0 Å². The first-order chi connectivity index (χ1) is 7.61. The van der Waals surface area contributed by atoms with Crippen LogP contribution in [-0.4, -0.2) is 18.2 Å². The molecule has 16 heavy (non-hydrogen) atoms. The van der Waals surface area contributed by atoms with Gasteiger partial charge in [-0.25, -0.2) is 0 Å². The van der Waals surface area contributed by atoms with Gasteiger partial charge in [0.25, 0.3) is 5.91 Å². The fourth-order valence-electron chi connectivity index (χ4n) is 1.19. The van der Waals surface area contributed by atoms with Crippen LogP contribution in [0.25, 0.3) is 0 Å². The van der Waals surface area contributed by atoms with Gasteiger partial charge in [0.05, 0.1) is 0 Å². The zero-order valence-electron chi connectivity index (χ0n) is 9.32. The predicted octanol–water partition coefficient (Wildman–Crippen LogP) is 1.95. The average Bonchev–Trinajstić information content (AvgIpc) is 2.29. The number of hydrogen-bond donors (Lipinski definition) is 1. The molecule has 0 unspecified atom stereocenters. The zero-order valence-corrected chi connectivity index (χ0v) is 9.32. The molecule has 0 spiro atoms. The quantitative estimate of drug-likeness (QED) is 0.766. The van der Waals surface area contributed by atoms with E-state index in [9.17, 15) is 9.59 Å². The molecule has 0 saturated carbocycles. The van der Waals surface area contributed by atoms with Crippen molar-refractivity contribution in [1.82, 2.24) is 5.32 Å². The number of carbonyl (C=O) groups is 2. The van der Waals surface area contributed by atoms with Crippen molar-refractivity contribution in [3.05, 3.63) is 48.0 Å². The number of rotatable bonds is 5. The lowest BCUT2D eigenvalue weighted by atomic mass is 10.1. The second kappa shape index (κ2) is 5.85. The molecule has 84 valence electrons. The normalized spacial score (nSPS) is 9.56. The molecule has 1 aromatic carbocycles. The highest BCUT2D eigenvalue weighted by Gasteiger charge is 2.05. The lowest BCUT2D eigenvalue weighted by Gasteiger charge is -2.04. The number of amides is 1. The number of nitrogens with one attached hydrogen (secondary N) is 1. The molecule has 0 aromatic heterocycles. The van der Waals surface area contributed by atoms with Crippen LogP contribution in [0.15, 0.2) is 42.5 Å². The highest BCUT2D eigenvalue weighted by Crippen LogP contribution is 1.98. The average molecular weight is 217 g/mol. The van der Waals surface area contributed by atoms with Crippen LogP contribution in [-0.2, 0) is 4.79 Å². The van der Waals surface area contributed by atoms with Crippen molar-refractivity contribution in [3.63, 3.8) is 0 Å². The third kappa shape index (κ3) is 3.69. The Hall–Kier alpha value is -1.90. The van der Waals surface area contributed by atoms with Crippen molar-refractivity contribution in [2.75, 3.05) is 6.54 Å². The molecule has 1 aromatic rings. The molecule has 0 aliphatic rings. The summed E-state index contributed by atoms with van der Waals surface area (Å²) in [5.74, 6) is -0.177. The van der Waals surface area contributed by atoms with Gasteiger partial charge in [0, 0.05) is 18.5 Å². The van der Waals surface area contributed by atoms with Crippen LogP contribution in [0.3, 0.4) is 0 Å². The number of Topliss-reactive ketones (excluding diaryl/α,β-unsaturated/α-hetero) is 1. The standard InChI is InChI=1S/C13H15NO2/c1-10(2)12(15)8-9-14-13(16)11-6-4-3-5-7-11/h3-7H,1,8-9H2,2H3,(H,14,16). The van der Waals surface area contributed by atoms with Crippen LogP contribution in [0.1, 0.15) is 23.7 Å². The summed E-state index contributed by atoms with van der Waals surface area (Å²) in [6, 6.07) is 8.91. The summed E-state index contributed by atoms with van der Waals surface area (Å²) < 4.78 is 0. The molecule has 0 aliphatic carbocycles. The Labute approximate surface area is 95.2 Å². The van der Waals surface area contributed by atoms with Gasteiger partial charge in [-0.2, -0.15) is 0 Å². The smallest absolute Gasteiger partial charge is 0.251 e. The van der Waals surface area contributed by atoms with E-state index in [1.165, 1.54) is 0 Å². The van der Waals surface area contributed by atoms with E-state index in [0.29, 0.717) is 24.1 Å². The molecule has 1 rings (SSSR count). The molecule has 1 amide bonds. The largest absolute Gasteiger partial charge is 0.352 e. The molecule has 3 heteroatoms. The van der Waals surface area contributed by atoms with Gasteiger partial charge in [-0.3, -0.25) is 9.59 Å². The highest BCUT2D eigenvalue weighted by molar-refractivity contribution is 5.96. The van der Waals surface area contributed by atoms with Gasteiger partial charge in [-0.05, 0) is 24.6 Å². The Bertz CT molecular complexity index is 396. The molecule has 3 nitrogen and oxygen atoms in total. The topological polar surface area (TPSA) is 46.2 Å². The third-order valence-corrected chi connectivity index (χ3v) is 2.15. The van der Waals surface area contributed by atoms with Crippen LogP contribution >= 0.6 is 0 Å². The summed E-state index contributed by atoms with van der Waals surface area (Å²) in [5, 5.41) is 2.68. The summed E-state index contributed by atoms with van der Waals surface area (Å²) in [7, 11) is 0. The van der Waals surface area contributed by atoms with Crippen LogP contribution in [0.5, 0.6) is 0 Å². The lowest BCUT2D eigenvalue weighted by molar-refractivity contribution is -0.115. The van der Waals surface area contributed by atoms with E-state index in [4.69, 9.17) is 0 Å². The van der Waals surface area contributed by atoms with Gasteiger partial charge in [-0.1, -0.05) is 24.8 Å².